The number of aryl methyl sites for hydroxylation is 1. The Kier molecular flexibility index (Phi) is 5.39. The number of hydrogen-bond acceptors (Lipinski definition) is 2. The van der Waals surface area contributed by atoms with Crippen molar-refractivity contribution in [3.8, 4) is 0 Å². The number of likely N-dealkylation sites (tertiary alicyclic amines) is 1. The molecule has 0 saturated carbocycles. The van der Waals surface area contributed by atoms with Gasteiger partial charge < -0.3 is 4.90 Å². The summed E-state index contributed by atoms with van der Waals surface area (Å²) in [6, 6.07) is 3.42. The zero-order valence-corrected chi connectivity index (χ0v) is 11.6. The normalized spacial score (nSPS) is 17.4. The molecule has 2 rings (SSSR count). The third kappa shape index (κ3) is 4.26. The molecule has 0 radical (unpaired) electrons. The van der Waals surface area contributed by atoms with Gasteiger partial charge in [-0.25, -0.2) is 8.78 Å². The smallest absolute Gasteiger partial charge is 0.272 e. The molecule has 0 unspecified atom stereocenters. The fourth-order valence-corrected chi connectivity index (χ4v) is 1.79. The van der Waals surface area contributed by atoms with Crippen LogP contribution in [0, 0.1) is 6.92 Å². The number of piperidine rings is 1. The molecule has 3 nitrogen and oxygen atoms in total. The summed E-state index contributed by atoms with van der Waals surface area (Å²) in [6.07, 6.45) is 1.08. The van der Waals surface area contributed by atoms with Gasteiger partial charge in [0.15, 0.2) is 0 Å². The van der Waals surface area contributed by atoms with E-state index >= 15 is 0 Å². The lowest BCUT2D eigenvalue weighted by Gasteiger charge is -2.31. The van der Waals surface area contributed by atoms with E-state index in [1.807, 2.05) is 20.8 Å². The number of aromatic nitrogens is 1. The lowest BCUT2D eigenvalue weighted by molar-refractivity contribution is -0.0495. The first-order valence-corrected chi connectivity index (χ1v) is 6.58. The Hall–Kier alpha value is -1.52. The molecule has 1 amide bonds. The number of pyridine rings is 1. The minimum atomic E-state index is -2.63. The van der Waals surface area contributed by atoms with E-state index in [1.165, 1.54) is 4.90 Å². The van der Waals surface area contributed by atoms with Gasteiger partial charge in [-0.15, -0.1) is 0 Å². The van der Waals surface area contributed by atoms with E-state index in [-0.39, 0.29) is 31.8 Å². The van der Waals surface area contributed by atoms with Gasteiger partial charge in [-0.05, 0) is 18.6 Å². The number of halogens is 2. The van der Waals surface area contributed by atoms with E-state index < -0.39 is 5.92 Å². The molecule has 0 spiro atoms. The SMILES string of the molecule is CC.Cc1ccc(C(=O)N2CCC(F)(F)CC2)nc1. The van der Waals surface area contributed by atoms with E-state index in [9.17, 15) is 13.6 Å². The Balaban J connectivity index is 0.000000861. The summed E-state index contributed by atoms with van der Waals surface area (Å²) in [4.78, 5) is 17.4. The van der Waals surface area contributed by atoms with Crippen molar-refractivity contribution >= 4 is 5.91 Å². The number of amides is 1. The lowest BCUT2D eigenvalue weighted by atomic mass is 10.1. The summed E-state index contributed by atoms with van der Waals surface area (Å²) in [5.41, 5.74) is 1.28. The maximum Gasteiger partial charge on any atom is 0.272 e. The molecule has 1 saturated heterocycles. The summed E-state index contributed by atoms with van der Waals surface area (Å²) < 4.78 is 25.9. The average molecular weight is 270 g/mol. The van der Waals surface area contributed by atoms with Gasteiger partial charge in [-0.1, -0.05) is 19.9 Å². The Labute approximate surface area is 112 Å². The van der Waals surface area contributed by atoms with Gasteiger partial charge in [0.05, 0.1) is 0 Å². The molecule has 1 aliphatic rings. The van der Waals surface area contributed by atoms with Gasteiger partial charge in [0.25, 0.3) is 11.8 Å². The first-order chi connectivity index (χ1) is 8.98. The fourth-order valence-electron chi connectivity index (χ4n) is 1.79. The van der Waals surface area contributed by atoms with Crippen LogP contribution in [0.3, 0.4) is 0 Å². The van der Waals surface area contributed by atoms with Gasteiger partial charge >= 0.3 is 0 Å². The third-order valence-electron chi connectivity index (χ3n) is 2.91. The molecule has 1 aromatic rings. The predicted molar refractivity (Wildman–Crippen MR) is 70.4 cm³/mol. The summed E-state index contributed by atoms with van der Waals surface area (Å²) in [6.45, 7) is 6.07. The van der Waals surface area contributed by atoms with Crippen LogP contribution >= 0.6 is 0 Å². The molecule has 0 bridgehead atoms. The molecule has 2 heterocycles. The van der Waals surface area contributed by atoms with Crippen LogP contribution in [-0.2, 0) is 0 Å². The van der Waals surface area contributed by atoms with Crippen molar-refractivity contribution in [1.82, 2.24) is 9.88 Å². The largest absolute Gasteiger partial charge is 0.337 e. The van der Waals surface area contributed by atoms with Crippen molar-refractivity contribution in [2.45, 2.75) is 39.5 Å². The van der Waals surface area contributed by atoms with Crippen LogP contribution in [0.4, 0.5) is 8.78 Å². The highest BCUT2D eigenvalue weighted by Crippen LogP contribution is 2.28. The summed E-state index contributed by atoms with van der Waals surface area (Å²) in [7, 11) is 0. The third-order valence-corrected chi connectivity index (χ3v) is 2.91. The molecule has 0 atom stereocenters. The Morgan fingerprint density at radius 2 is 1.84 bits per heavy atom. The number of nitrogens with zero attached hydrogens (tertiary/aromatic N) is 2. The molecule has 0 aliphatic carbocycles. The Morgan fingerprint density at radius 1 is 1.26 bits per heavy atom. The standard InChI is InChI=1S/C12H14F2N2O.C2H6/c1-9-2-3-10(15-8-9)11(17)16-6-4-12(13,14)5-7-16;1-2/h2-3,8H,4-7H2,1H3;1-2H3. The quantitative estimate of drug-likeness (QED) is 0.784. The van der Waals surface area contributed by atoms with Gasteiger partial charge in [0, 0.05) is 32.1 Å². The van der Waals surface area contributed by atoms with E-state index in [1.54, 1.807) is 18.3 Å². The number of rotatable bonds is 1. The van der Waals surface area contributed by atoms with Crippen LogP contribution in [0.25, 0.3) is 0 Å². The number of carbonyl (C=O) groups is 1. The number of hydrogen-bond donors (Lipinski definition) is 0. The van der Waals surface area contributed by atoms with E-state index in [0.717, 1.165) is 5.56 Å². The minimum Gasteiger partial charge on any atom is -0.337 e. The highest BCUT2D eigenvalue weighted by atomic mass is 19.3. The zero-order chi connectivity index (χ0) is 14.5. The highest BCUT2D eigenvalue weighted by molar-refractivity contribution is 5.92. The van der Waals surface area contributed by atoms with Crippen molar-refractivity contribution in [3.63, 3.8) is 0 Å². The number of alkyl halides is 2. The number of carbonyl (C=O) groups excluding carboxylic acids is 1. The zero-order valence-electron chi connectivity index (χ0n) is 11.6. The van der Waals surface area contributed by atoms with Crippen LogP contribution in [0.15, 0.2) is 18.3 Å². The molecule has 106 valence electrons. The van der Waals surface area contributed by atoms with Gasteiger partial charge in [-0.2, -0.15) is 0 Å². The molecule has 1 aliphatic heterocycles. The monoisotopic (exact) mass is 270 g/mol. The van der Waals surface area contributed by atoms with E-state index in [4.69, 9.17) is 0 Å². The van der Waals surface area contributed by atoms with Gasteiger partial charge in [0.2, 0.25) is 0 Å². The fraction of sp³-hybridized carbons (Fsp3) is 0.571. The Morgan fingerprint density at radius 3 is 2.32 bits per heavy atom. The second-order valence-electron chi connectivity index (χ2n) is 4.37. The average Bonchev–Trinajstić information content (AvgIpc) is 2.41. The highest BCUT2D eigenvalue weighted by Gasteiger charge is 2.35. The van der Waals surface area contributed by atoms with Crippen LogP contribution in [-0.4, -0.2) is 34.8 Å². The topological polar surface area (TPSA) is 33.2 Å². The first kappa shape index (κ1) is 15.5. The summed E-state index contributed by atoms with van der Waals surface area (Å²) in [5, 5.41) is 0. The van der Waals surface area contributed by atoms with Crippen LogP contribution in [0.5, 0.6) is 0 Å². The van der Waals surface area contributed by atoms with Crippen molar-refractivity contribution in [3.05, 3.63) is 29.6 Å². The van der Waals surface area contributed by atoms with Crippen molar-refractivity contribution in [1.29, 1.82) is 0 Å². The summed E-state index contributed by atoms with van der Waals surface area (Å²) >= 11 is 0. The maximum atomic E-state index is 12.9. The Bertz CT molecular complexity index is 408. The molecular weight excluding hydrogens is 250 g/mol. The molecular formula is C14H20F2N2O. The van der Waals surface area contributed by atoms with Crippen LogP contribution < -0.4 is 0 Å². The second kappa shape index (κ2) is 6.59. The molecule has 0 aromatic carbocycles. The minimum absolute atomic E-state index is 0.0986. The predicted octanol–water partition coefficient (Wildman–Crippen LogP) is 3.29. The van der Waals surface area contributed by atoms with Gasteiger partial charge in [-0.3, -0.25) is 9.78 Å². The van der Waals surface area contributed by atoms with Crippen LogP contribution in [0.1, 0.15) is 42.7 Å². The van der Waals surface area contributed by atoms with Crippen LogP contribution in [0.2, 0.25) is 0 Å². The van der Waals surface area contributed by atoms with Crippen molar-refractivity contribution in [2.75, 3.05) is 13.1 Å². The molecule has 1 aromatic heterocycles. The summed E-state index contributed by atoms with van der Waals surface area (Å²) in [5.74, 6) is -2.89. The first-order valence-electron chi connectivity index (χ1n) is 6.58. The van der Waals surface area contributed by atoms with Crippen molar-refractivity contribution < 1.29 is 13.6 Å². The van der Waals surface area contributed by atoms with E-state index in [2.05, 4.69) is 4.98 Å². The second-order valence-corrected chi connectivity index (χ2v) is 4.37. The molecule has 0 N–H and O–H groups in total. The maximum absolute atomic E-state index is 12.9. The lowest BCUT2D eigenvalue weighted by Crippen LogP contribution is -2.42. The van der Waals surface area contributed by atoms with E-state index in [0.29, 0.717) is 5.69 Å². The van der Waals surface area contributed by atoms with Crippen molar-refractivity contribution in [2.24, 2.45) is 0 Å². The molecule has 5 heteroatoms. The molecule has 19 heavy (non-hydrogen) atoms. The van der Waals surface area contributed by atoms with Gasteiger partial charge in [0.1, 0.15) is 5.69 Å². The molecule has 1 fully saturated rings.